The van der Waals surface area contributed by atoms with Crippen LogP contribution in [0.15, 0.2) is 42.5 Å². The summed E-state index contributed by atoms with van der Waals surface area (Å²) in [7, 11) is 3.34. The van der Waals surface area contributed by atoms with Crippen molar-refractivity contribution in [3.8, 4) is 0 Å². The predicted octanol–water partition coefficient (Wildman–Crippen LogP) is 3.84. The molecule has 0 radical (unpaired) electrons. The molecule has 0 aliphatic heterocycles. The molecule has 0 unspecified atom stereocenters. The molecule has 0 amide bonds. The summed E-state index contributed by atoms with van der Waals surface area (Å²) in [5.41, 5.74) is -0.0131. The van der Waals surface area contributed by atoms with Gasteiger partial charge in [-0.1, -0.05) is 18.2 Å². The molecule has 0 aromatic heterocycles. The molecule has 7 heteroatoms. The molecular formula is C17H14F2N2O3. The van der Waals surface area contributed by atoms with Crippen LogP contribution in [0.1, 0.15) is 15.9 Å². The Balaban J connectivity index is 2.34. The fourth-order valence-corrected chi connectivity index (χ4v) is 2.16. The van der Waals surface area contributed by atoms with E-state index in [1.807, 2.05) is 0 Å². The van der Waals surface area contributed by atoms with Gasteiger partial charge >= 0.3 is 0 Å². The Kier molecular flexibility index (Phi) is 5.03. The first-order chi connectivity index (χ1) is 11.3. The minimum Gasteiger partial charge on any atom is -0.372 e. The molecule has 0 heterocycles. The Bertz CT molecular complexity index is 812. The van der Waals surface area contributed by atoms with E-state index in [2.05, 4.69) is 0 Å². The molecule has 0 spiro atoms. The zero-order valence-corrected chi connectivity index (χ0v) is 13.0. The largest absolute Gasteiger partial charge is 0.372 e. The predicted molar refractivity (Wildman–Crippen MR) is 87.1 cm³/mol. The van der Waals surface area contributed by atoms with Crippen LogP contribution in [0, 0.1) is 21.7 Å². The summed E-state index contributed by atoms with van der Waals surface area (Å²) in [6.45, 7) is 0. The molecule has 2 aromatic rings. The van der Waals surface area contributed by atoms with E-state index >= 15 is 0 Å². The summed E-state index contributed by atoms with van der Waals surface area (Å²) >= 11 is 0. The smallest absolute Gasteiger partial charge is 0.293 e. The van der Waals surface area contributed by atoms with Crippen molar-refractivity contribution in [2.45, 2.75) is 0 Å². The highest BCUT2D eigenvalue weighted by Gasteiger charge is 2.17. The maximum atomic E-state index is 13.5. The SMILES string of the molecule is CN(C)c1ccc(/C=C/C(=O)c2c(F)cccc2F)cc1[N+](=O)[O-]. The molecule has 24 heavy (non-hydrogen) atoms. The standard InChI is InChI=1S/C17H14F2N2O3/c1-20(2)14-8-6-11(10-15(14)21(23)24)7-9-16(22)17-12(18)4-3-5-13(17)19/h3-10H,1-2H3/b9-7+. The molecule has 0 aliphatic carbocycles. The highest BCUT2D eigenvalue weighted by Crippen LogP contribution is 2.28. The number of anilines is 1. The van der Waals surface area contributed by atoms with Gasteiger partial charge in [-0.25, -0.2) is 8.78 Å². The number of hydrogen-bond donors (Lipinski definition) is 0. The highest BCUT2D eigenvalue weighted by molar-refractivity contribution is 6.07. The Labute approximate surface area is 137 Å². The summed E-state index contributed by atoms with van der Waals surface area (Å²) in [5.74, 6) is -2.78. The van der Waals surface area contributed by atoms with Gasteiger partial charge in [-0.15, -0.1) is 0 Å². The van der Waals surface area contributed by atoms with E-state index in [9.17, 15) is 23.7 Å². The molecule has 0 N–H and O–H groups in total. The number of nitro benzene ring substituents is 1. The van der Waals surface area contributed by atoms with Crippen LogP contribution in [0.4, 0.5) is 20.2 Å². The van der Waals surface area contributed by atoms with E-state index in [0.717, 1.165) is 24.3 Å². The Morgan fingerprint density at radius 2 is 1.79 bits per heavy atom. The number of carbonyl (C=O) groups is 1. The van der Waals surface area contributed by atoms with Crippen molar-refractivity contribution >= 4 is 23.2 Å². The summed E-state index contributed by atoms with van der Waals surface area (Å²) in [5, 5.41) is 11.1. The number of hydrogen-bond acceptors (Lipinski definition) is 4. The van der Waals surface area contributed by atoms with Crippen molar-refractivity contribution in [2.24, 2.45) is 0 Å². The van der Waals surface area contributed by atoms with Gasteiger partial charge in [0.15, 0.2) is 5.78 Å². The number of ketones is 1. The molecule has 0 bridgehead atoms. The van der Waals surface area contributed by atoms with E-state index in [1.54, 1.807) is 25.1 Å². The molecule has 124 valence electrons. The zero-order chi connectivity index (χ0) is 17.9. The number of nitro groups is 1. The normalized spacial score (nSPS) is 10.8. The minimum atomic E-state index is -0.960. The van der Waals surface area contributed by atoms with Gasteiger partial charge in [-0.05, 0) is 29.8 Å². The van der Waals surface area contributed by atoms with Crippen molar-refractivity contribution in [1.82, 2.24) is 0 Å². The third kappa shape index (κ3) is 3.62. The van der Waals surface area contributed by atoms with Crippen LogP contribution in [0.2, 0.25) is 0 Å². The molecule has 0 saturated heterocycles. The van der Waals surface area contributed by atoms with Gasteiger partial charge < -0.3 is 4.90 Å². The molecule has 0 atom stereocenters. The molecule has 2 rings (SSSR count). The molecule has 0 saturated carbocycles. The van der Waals surface area contributed by atoms with Gasteiger partial charge in [-0.2, -0.15) is 0 Å². The number of benzene rings is 2. The van der Waals surface area contributed by atoms with Crippen LogP contribution in [-0.4, -0.2) is 24.8 Å². The van der Waals surface area contributed by atoms with E-state index in [4.69, 9.17) is 0 Å². The van der Waals surface area contributed by atoms with Gasteiger partial charge in [0, 0.05) is 20.2 Å². The number of rotatable bonds is 5. The zero-order valence-electron chi connectivity index (χ0n) is 13.0. The average Bonchev–Trinajstić information content (AvgIpc) is 2.52. The maximum absolute atomic E-state index is 13.5. The number of halogens is 2. The Morgan fingerprint density at radius 3 is 2.33 bits per heavy atom. The van der Waals surface area contributed by atoms with Crippen LogP contribution in [0.5, 0.6) is 0 Å². The van der Waals surface area contributed by atoms with E-state index in [0.29, 0.717) is 11.3 Å². The lowest BCUT2D eigenvalue weighted by Crippen LogP contribution is -2.11. The highest BCUT2D eigenvalue weighted by atomic mass is 19.1. The van der Waals surface area contributed by atoms with Crippen LogP contribution < -0.4 is 4.90 Å². The van der Waals surface area contributed by atoms with Crippen molar-refractivity contribution in [1.29, 1.82) is 0 Å². The third-order valence-corrected chi connectivity index (χ3v) is 3.31. The molecule has 0 aliphatic rings. The Morgan fingerprint density at radius 1 is 1.17 bits per heavy atom. The summed E-state index contributed by atoms with van der Waals surface area (Å²) < 4.78 is 27.1. The first-order valence-corrected chi connectivity index (χ1v) is 6.93. The number of allylic oxidation sites excluding steroid dienone is 1. The monoisotopic (exact) mass is 332 g/mol. The van der Waals surface area contributed by atoms with E-state index < -0.39 is 27.9 Å². The quantitative estimate of drug-likeness (QED) is 0.361. The lowest BCUT2D eigenvalue weighted by atomic mass is 10.1. The van der Waals surface area contributed by atoms with Gasteiger partial charge in [0.25, 0.3) is 5.69 Å². The van der Waals surface area contributed by atoms with Crippen LogP contribution in [-0.2, 0) is 0 Å². The molecular weight excluding hydrogens is 318 g/mol. The van der Waals surface area contributed by atoms with Crippen molar-refractivity contribution < 1.29 is 18.5 Å². The van der Waals surface area contributed by atoms with E-state index in [-0.39, 0.29) is 5.69 Å². The summed E-state index contributed by atoms with van der Waals surface area (Å²) in [6.07, 6.45) is 2.26. The van der Waals surface area contributed by atoms with E-state index in [1.165, 1.54) is 18.2 Å². The minimum absolute atomic E-state index is 0.133. The van der Waals surface area contributed by atoms with Crippen LogP contribution in [0.25, 0.3) is 6.08 Å². The van der Waals surface area contributed by atoms with Gasteiger partial charge in [0.05, 0.1) is 10.5 Å². The van der Waals surface area contributed by atoms with Crippen LogP contribution in [0.3, 0.4) is 0 Å². The topological polar surface area (TPSA) is 63.5 Å². The van der Waals surface area contributed by atoms with Crippen molar-refractivity contribution in [3.05, 3.63) is 75.3 Å². The van der Waals surface area contributed by atoms with Crippen molar-refractivity contribution in [3.63, 3.8) is 0 Å². The number of nitrogens with zero attached hydrogens (tertiary/aromatic N) is 2. The summed E-state index contributed by atoms with van der Waals surface area (Å²) in [4.78, 5) is 24.1. The molecule has 0 fully saturated rings. The average molecular weight is 332 g/mol. The fraction of sp³-hybridized carbons (Fsp3) is 0.118. The third-order valence-electron chi connectivity index (χ3n) is 3.31. The van der Waals surface area contributed by atoms with Gasteiger partial charge in [0.2, 0.25) is 0 Å². The summed E-state index contributed by atoms with van der Waals surface area (Å²) in [6, 6.07) is 7.53. The van der Waals surface area contributed by atoms with Crippen LogP contribution >= 0.6 is 0 Å². The fourth-order valence-electron chi connectivity index (χ4n) is 2.16. The first-order valence-electron chi connectivity index (χ1n) is 6.93. The second kappa shape index (κ2) is 6.99. The molecule has 5 nitrogen and oxygen atoms in total. The number of carbonyl (C=O) groups excluding carboxylic acids is 1. The first kappa shape index (κ1) is 17.3. The second-order valence-corrected chi connectivity index (χ2v) is 5.19. The van der Waals surface area contributed by atoms with Crippen molar-refractivity contribution in [2.75, 3.05) is 19.0 Å². The second-order valence-electron chi connectivity index (χ2n) is 5.19. The maximum Gasteiger partial charge on any atom is 0.293 e. The van der Waals surface area contributed by atoms with Gasteiger partial charge in [-0.3, -0.25) is 14.9 Å². The molecule has 2 aromatic carbocycles. The lowest BCUT2D eigenvalue weighted by molar-refractivity contribution is -0.384. The lowest BCUT2D eigenvalue weighted by Gasteiger charge is -2.12. The van der Waals surface area contributed by atoms with Gasteiger partial charge in [0.1, 0.15) is 17.3 Å². The Hall–Kier alpha value is -3.09.